The number of ketones is 2. The molecule has 0 bridgehead atoms. The Labute approximate surface area is 184 Å². The molecule has 0 aliphatic carbocycles. The van der Waals surface area contributed by atoms with Crippen molar-refractivity contribution in [2.75, 3.05) is 11.1 Å². The molecule has 0 saturated heterocycles. The number of anilines is 2. The second-order valence-electron chi connectivity index (χ2n) is 7.44. The predicted octanol–water partition coefficient (Wildman–Crippen LogP) is 5.94. The number of fused-ring (bicyclic) bond motifs is 1. The molecule has 3 N–H and O–H groups in total. The van der Waals surface area contributed by atoms with Crippen LogP contribution in [0.3, 0.4) is 0 Å². The molecule has 30 heavy (non-hydrogen) atoms. The maximum atomic E-state index is 13.4. The van der Waals surface area contributed by atoms with Crippen molar-refractivity contribution < 1.29 is 9.59 Å². The number of nitrogens with two attached hydrogens (primary N) is 1. The van der Waals surface area contributed by atoms with Crippen LogP contribution >= 0.6 is 22.9 Å². The number of carbonyl (C=O) groups is 2. The second-order valence-corrected chi connectivity index (χ2v) is 8.90. The van der Waals surface area contributed by atoms with Crippen molar-refractivity contribution in [2.24, 2.45) is 0 Å². The third-order valence-corrected chi connectivity index (χ3v) is 6.80. The molecule has 0 saturated carbocycles. The molecule has 1 aliphatic heterocycles. The first-order valence-corrected chi connectivity index (χ1v) is 10.8. The molecule has 152 valence electrons. The topological polar surface area (TPSA) is 72.2 Å². The van der Waals surface area contributed by atoms with Gasteiger partial charge >= 0.3 is 0 Å². The van der Waals surface area contributed by atoms with Crippen molar-refractivity contribution in [3.05, 3.63) is 92.0 Å². The number of nitrogen functional groups attached to an aromatic ring is 1. The zero-order valence-electron chi connectivity index (χ0n) is 16.9. The Morgan fingerprint density at radius 3 is 2.47 bits per heavy atom. The Morgan fingerprint density at radius 2 is 1.80 bits per heavy atom. The van der Waals surface area contributed by atoms with Crippen molar-refractivity contribution >= 4 is 45.2 Å². The molecule has 0 fully saturated rings. The van der Waals surface area contributed by atoms with Crippen LogP contribution in [0.25, 0.3) is 0 Å². The number of Topliss-reactive ketones (excluding diaryl/α,β-unsaturated/α-hetero) is 1. The summed E-state index contributed by atoms with van der Waals surface area (Å²) in [5, 5.41) is 4.60. The first kappa shape index (κ1) is 20.4. The molecule has 4 rings (SSSR count). The normalized spacial score (nSPS) is 15.5. The van der Waals surface area contributed by atoms with Gasteiger partial charge in [-0.15, -0.1) is 11.3 Å². The van der Waals surface area contributed by atoms with Crippen molar-refractivity contribution in [1.29, 1.82) is 0 Å². The number of hydrogen-bond donors (Lipinski definition) is 2. The highest BCUT2D eigenvalue weighted by Gasteiger charge is 2.36. The van der Waals surface area contributed by atoms with Gasteiger partial charge in [-0.25, -0.2) is 0 Å². The minimum Gasteiger partial charge on any atom is -0.397 e. The van der Waals surface area contributed by atoms with Gasteiger partial charge in [0.2, 0.25) is 5.78 Å². The van der Waals surface area contributed by atoms with Crippen LogP contribution in [0.4, 0.5) is 10.7 Å². The number of benzene rings is 2. The lowest BCUT2D eigenvalue weighted by Gasteiger charge is -2.28. The van der Waals surface area contributed by atoms with Crippen LogP contribution in [0.15, 0.2) is 59.8 Å². The lowest BCUT2D eigenvalue weighted by atomic mass is 9.80. The van der Waals surface area contributed by atoms with Crippen LogP contribution in [0, 0.1) is 6.92 Å². The number of carbonyl (C=O) groups excluding carboxylic acids is 2. The third kappa shape index (κ3) is 3.34. The summed E-state index contributed by atoms with van der Waals surface area (Å²) >= 11 is 7.45. The average Bonchev–Trinajstić information content (AvgIpc) is 3.04. The third-order valence-electron chi connectivity index (χ3n) is 5.43. The minimum atomic E-state index is -0.321. The van der Waals surface area contributed by atoms with Crippen LogP contribution < -0.4 is 11.1 Å². The van der Waals surface area contributed by atoms with Crippen LogP contribution in [-0.4, -0.2) is 11.6 Å². The Balaban J connectivity index is 1.91. The Bertz CT molecular complexity index is 1210. The number of halogens is 1. The number of nitrogens with one attached hydrogen (secondary N) is 1. The Kier molecular flexibility index (Phi) is 5.26. The largest absolute Gasteiger partial charge is 0.397 e. The van der Waals surface area contributed by atoms with Crippen LogP contribution in [0.5, 0.6) is 0 Å². The highest BCUT2D eigenvalue weighted by Crippen LogP contribution is 2.50. The van der Waals surface area contributed by atoms with E-state index in [9.17, 15) is 9.59 Å². The van der Waals surface area contributed by atoms with Crippen molar-refractivity contribution in [3.8, 4) is 0 Å². The lowest BCUT2D eigenvalue weighted by Crippen LogP contribution is -2.21. The highest BCUT2D eigenvalue weighted by atomic mass is 35.5. The van der Waals surface area contributed by atoms with E-state index in [1.54, 1.807) is 19.1 Å². The summed E-state index contributed by atoms with van der Waals surface area (Å²) in [7, 11) is 0. The average molecular weight is 437 g/mol. The number of aryl methyl sites for hydroxylation is 1. The van der Waals surface area contributed by atoms with E-state index in [2.05, 4.69) is 5.32 Å². The highest BCUT2D eigenvalue weighted by molar-refractivity contribution is 7.19. The molecule has 2 heterocycles. The van der Waals surface area contributed by atoms with E-state index in [1.165, 1.54) is 11.3 Å². The molecule has 1 atom stereocenters. The maximum Gasteiger partial charge on any atom is 0.205 e. The summed E-state index contributed by atoms with van der Waals surface area (Å²) in [5.74, 6) is -0.510. The standard InChI is InChI=1S/C24H21ClN2O2S/c1-12-9-10-16(25)11-17(12)22(29)23-21(26)20-19(15-7-5-4-6-8-15)18(14(3)28)13(2)27-24(20)30-23/h4-11,19,27H,26H2,1-3H3. The smallest absolute Gasteiger partial charge is 0.205 e. The molecule has 2 aromatic carbocycles. The fraction of sp³-hybridized carbons (Fsp3) is 0.167. The molecule has 0 amide bonds. The predicted molar refractivity (Wildman–Crippen MR) is 124 cm³/mol. The van der Waals surface area contributed by atoms with E-state index in [4.69, 9.17) is 17.3 Å². The van der Waals surface area contributed by atoms with Crippen LogP contribution in [0.2, 0.25) is 5.02 Å². The van der Waals surface area contributed by atoms with Gasteiger partial charge in [0, 0.05) is 33.3 Å². The van der Waals surface area contributed by atoms with Crippen molar-refractivity contribution in [1.82, 2.24) is 0 Å². The first-order chi connectivity index (χ1) is 14.3. The molecule has 3 aromatic rings. The first-order valence-electron chi connectivity index (χ1n) is 9.56. The number of thiophene rings is 1. The zero-order chi connectivity index (χ0) is 21.6. The van der Waals surface area contributed by atoms with Gasteiger partial charge in [0.1, 0.15) is 4.88 Å². The molecule has 1 aromatic heterocycles. The molecule has 1 aliphatic rings. The molecule has 4 nitrogen and oxygen atoms in total. The Morgan fingerprint density at radius 1 is 1.10 bits per heavy atom. The maximum absolute atomic E-state index is 13.4. The summed E-state index contributed by atoms with van der Waals surface area (Å²) < 4.78 is 0. The SMILES string of the molecule is CC(=O)C1=C(C)Nc2sc(C(=O)c3cc(Cl)ccc3C)c(N)c2C1c1ccccc1. The molecular weight excluding hydrogens is 416 g/mol. The van der Waals surface area contributed by atoms with Crippen molar-refractivity contribution in [3.63, 3.8) is 0 Å². The van der Waals surface area contributed by atoms with Crippen LogP contribution in [0.1, 0.15) is 51.7 Å². The molecular formula is C24H21ClN2O2S. The van der Waals surface area contributed by atoms with Gasteiger partial charge < -0.3 is 11.1 Å². The number of rotatable bonds is 4. The lowest BCUT2D eigenvalue weighted by molar-refractivity contribution is -0.113. The number of hydrogen-bond acceptors (Lipinski definition) is 5. The monoisotopic (exact) mass is 436 g/mol. The summed E-state index contributed by atoms with van der Waals surface area (Å²) in [4.78, 5) is 26.4. The summed E-state index contributed by atoms with van der Waals surface area (Å²) in [6.45, 7) is 5.32. The van der Waals surface area contributed by atoms with Gasteiger partial charge in [0.25, 0.3) is 0 Å². The van der Waals surface area contributed by atoms with Gasteiger partial charge in [-0.3, -0.25) is 9.59 Å². The molecule has 0 spiro atoms. The molecule has 6 heteroatoms. The van der Waals surface area contributed by atoms with E-state index in [-0.39, 0.29) is 17.5 Å². The van der Waals surface area contributed by atoms with Gasteiger partial charge in [0.15, 0.2) is 5.78 Å². The van der Waals surface area contributed by atoms with Gasteiger partial charge in [-0.05, 0) is 44.0 Å². The zero-order valence-corrected chi connectivity index (χ0v) is 18.4. The van der Waals surface area contributed by atoms with E-state index in [1.807, 2.05) is 50.2 Å². The molecule has 0 radical (unpaired) electrons. The Hall–Kier alpha value is -2.89. The van der Waals surface area contributed by atoms with Gasteiger partial charge in [-0.2, -0.15) is 0 Å². The van der Waals surface area contributed by atoms with E-state index in [0.717, 1.165) is 27.4 Å². The van der Waals surface area contributed by atoms with Gasteiger partial charge in [-0.1, -0.05) is 48.0 Å². The van der Waals surface area contributed by atoms with Crippen LogP contribution in [-0.2, 0) is 4.79 Å². The molecule has 1 unspecified atom stereocenters. The second kappa shape index (κ2) is 7.74. The van der Waals surface area contributed by atoms with E-state index in [0.29, 0.717) is 26.7 Å². The fourth-order valence-corrected chi connectivity index (χ4v) is 5.35. The minimum absolute atomic E-state index is 0.0244. The number of allylic oxidation sites excluding steroid dienone is 2. The fourth-order valence-electron chi connectivity index (χ4n) is 4.01. The van der Waals surface area contributed by atoms with Crippen molar-refractivity contribution in [2.45, 2.75) is 26.7 Å². The van der Waals surface area contributed by atoms with E-state index >= 15 is 0 Å². The summed E-state index contributed by atoms with van der Waals surface area (Å²) in [6, 6.07) is 15.0. The van der Waals surface area contributed by atoms with E-state index < -0.39 is 0 Å². The summed E-state index contributed by atoms with van der Waals surface area (Å²) in [5.41, 5.74) is 11.5. The quantitative estimate of drug-likeness (QED) is 0.496. The summed E-state index contributed by atoms with van der Waals surface area (Å²) in [6.07, 6.45) is 0. The van der Waals surface area contributed by atoms with Gasteiger partial charge in [0.05, 0.1) is 10.7 Å².